The Hall–Kier alpha value is -2.12. The normalized spacial score (nSPS) is 14.8. The summed E-state index contributed by atoms with van der Waals surface area (Å²) in [4.78, 5) is 12.1. The number of phenolic OH excluding ortho intramolecular Hbond substituents is 1. The molecule has 0 bridgehead atoms. The number of sulfone groups is 1. The number of carbonyl (C=O) groups is 1. The lowest BCUT2D eigenvalue weighted by Gasteiger charge is -2.15. The van der Waals surface area contributed by atoms with Crippen molar-refractivity contribution in [2.45, 2.75) is 17.7 Å². The quantitative estimate of drug-likeness (QED) is 0.790. The summed E-state index contributed by atoms with van der Waals surface area (Å²) < 4.78 is 25.1. The predicted molar refractivity (Wildman–Crippen MR) is 100 cm³/mol. The molecule has 0 atom stereocenters. The van der Waals surface area contributed by atoms with E-state index in [-0.39, 0.29) is 35.1 Å². The van der Waals surface area contributed by atoms with E-state index in [4.69, 9.17) is 0 Å². The van der Waals surface area contributed by atoms with Gasteiger partial charge in [-0.3, -0.25) is 4.79 Å². The van der Waals surface area contributed by atoms with Crippen LogP contribution in [0.3, 0.4) is 0 Å². The molecule has 0 unspecified atom stereocenters. The lowest BCUT2D eigenvalue weighted by atomic mass is 10.0. The number of halogens is 1. The molecule has 0 aromatic heterocycles. The molecule has 0 saturated heterocycles. The lowest BCUT2D eigenvalue weighted by molar-refractivity contribution is -0.116. The number of benzene rings is 2. The van der Waals surface area contributed by atoms with Gasteiger partial charge >= 0.3 is 0 Å². The van der Waals surface area contributed by atoms with Crippen molar-refractivity contribution in [3.05, 3.63) is 58.1 Å². The number of aryl methyl sites for hydroxylation is 1. The molecule has 1 aliphatic rings. The molecular formula is C18H16BrNO4S. The number of hydrogen-bond acceptors (Lipinski definition) is 4. The number of aromatic hydroxyl groups is 1. The third-order valence-electron chi connectivity index (χ3n) is 3.94. The van der Waals surface area contributed by atoms with Crippen molar-refractivity contribution >= 4 is 43.4 Å². The van der Waals surface area contributed by atoms with E-state index in [1.165, 1.54) is 0 Å². The standard InChI is InChI=1S/C18H16BrNO4S/c19-14-5-1-2-6-15(14)20-16(21)10-9-12-7-8-13-4-3-11-25(23,24)18(13)17(12)22/h1-8,22H,9-11H2,(H,20,21). The van der Waals surface area contributed by atoms with Crippen LogP contribution in [0.1, 0.15) is 17.5 Å². The summed E-state index contributed by atoms with van der Waals surface area (Å²) in [6.45, 7) is 0. The molecular weight excluding hydrogens is 406 g/mol. The topological polar surface area (TPSA) is 83.5 Å². The second-order valence-corrected chi connectivity index (χ2v) is 8.53. The molecule has 2 N–H and O–H groups in total. The second-order valence-electron chi connectivity index (χ2n) is 5.70. The molecule has 0 spiro atoms. The lowest BCUT2D eigenvalue weighted by Crippen LogP contribution is -2.14. The van der Waals surface area contributed by atoms with Crippen LogP contribution in [0.4, 0.5) is 5.69 Å². The Labute approximate surface area is 154 Å². The van der Waals surface area contributed by atoms with Crippen molar-refractivity contribution in [2.24, 2.45) is 0 Å². The minimum atomic E-state index is -3.53. The number of phenols is 1. The van der Waals surface area contributed by atoms with Gasteiger partial charge in [0.15, 0.2) is 9.84 Å². The van der Waals surface area contributed by atoms with E-state index in [2.05, 4.69) is 21.2 Å². The van der Waals surface area contributed by atoms with Gasteiger partial charge < -0.3 is 10.4 Å². The fraction of sp³-hybridized carbons (Fsp3) is 0.167. The SMILES string of the molecule is O=C(CCc1ccc2c(c1O)S(=O)(=O)CC=C2)Nc1ccccc1Br. The zero-order valence-corrected chi connectivity index (χ0v) is 15.6. The van der Waals surface area contributed by atoms with Crippen molar-refractivity contribution in [3.8, 4) is 5.75 Å². The van der Waals surface area contributed by atoms with E-state index in [9.17, 15) is 18.3 Å². The molecule has 1 aliphatic heterocycles. The molecule has 0 aliphatic carbocycles. The number of anilines is 1. The zero-order valence-electron chi connectivity index (χ0n) is 13.2. The van der Waals surface area contributed by atoms with E-state index >= 15 is 0 Å². The van der Waals surface area contributed by atoms with Gasteiger partial charge in [-0.1, -0.05) is 36.4 Å². The Balaban J connectivity index is 1.75. The number of rotatable bonds is 4. The molecule has 2 aromatic rings. The highest BCUT2D eigenvalue weighted by atomic mass is 79.9. The van der Waals surface area contributed by atoms with Gasteiger partial charge in [0.2, 0.25) is 5.91 Å². The summed E-state index contributed by atoms with van der Waals surface area (Å²) >= 11 is 3.36. The molecule has 1 amide bonds. The molecule has 2 aromatic carbocycles. The Morgan fingerprint density at radius 3 is 2.72 bits per heavy atom. The van der Waals surface area contributed by atoms with Crippen molar-refractivity contribution in [3.63, 3.8) is 0 Å². The number of hydrogen-bond donors (Lipinski definition) is 2. The summed E-state index contributed by atoms with van der Waals surface area (Å²) in [5, 5.41) is 13.1. The zero-order chi connectivity index (χ0) is 18.0. The number of carbonyl (C=O) groups excluding carboxylic acids is 1. The van der Waals surface area contributed by atoms with E-state index in [1.807, 2.05) is 18.2 Å². The minimum Gasteiger partial charge on any atom is -0.506 e. The van der Waals surface area contributed by atoms with Crippen LogP contribution in [0.25, 0.3) is 6.08 Å². The maximum Gasteiger partial charge on any atom is 0.224 e. The summed E-state index contributed by atoms with van der Waals surface area (Å²) in [5.74, 6) is -0.596. The first-order valence-corrected chi connectivity index (χ1v) is 10.1. The van der Waals surface area contributed by atoms with Crippen molar-refractivity contribution < 1.29 is 18.3 Å². The van der Waals surface area contributed by atoms with Gasteiger partial charge in [0.25, 0.3) is 0 Å². The summed E-state index contributed by atoms with van der Waals surface area (Å²) in [6, 6.07) is 10.6. The third kappa shape index (κ3) is 3.77. The van der Waals surface area contributed by atoms with Crippen molar-refractivity contribution in [1.82, 2.24) is 0 Å². The monoisotopic (exact) mass is 421 g/mol. The van der Waals surface area contributed by atoms with Gasteiger partial charge in [0.1, 0.15) is 10.6 Å². The maximum absolute atomic E-state index is 12.2. The van der Waals surface area contributed by atoms with Gasteiger partial charge in [-0.2, -0.15) is 0 Å². The largest absolute Gasteiger partial charge is 0.506 e. The average molecular weight is 422 g/mol. The molecule has 1 heterocycles. The van der Waals surface area contributed by atoms with Crippen molar-refractivity contribution in [2.75, 3.05) is 11.1 Å². The summed E-state index contributed by atoms with van der Waals surface area (Å²) in [6.07, 6.45) is 3.61. The predicted octanol–water partition coefficient (Wildman–Crippen LogP) is 3.53. The van der Waals surface area contributed by atoms with Crippen molar-refractivity contribution in [1.29, 1.82) is 0 Å². The van der Waals surface area contributed by atoms with Gasteiger partial charge in [-0.25, -0.2) is 8.42 Å². The molecule has 130 valence electrons. The molecule has 7 heteroatoms. The number of nitrogens with one attached hydrogen (secondary N) is 1. The first-order chi connectivity index (χ1) is 11.9. The summed E-state index contributed by atoms with van der Waals surface area (Å²) in [7, 11) is -3.53. The first-order valence-electron chi connectivity index (χ1n) is 7.67. The van der Waals surface area contributed by atoms with Gasteiger partial charge in [-0.05, 0) is 45.6 Å². The fourth-order valence-electron chi connectivity index (χ4n) is 2.70. The van der Waals surface area contributed by atoms with Crippen LogP contribution in [-0.4, -0.2) is 25.2 Å². The van der Waals surface area contributed by atoms with E-state index < -0.39 is 9.84 Å². The van der Waals surface area contributed by atoms with Crippen LogP contribution in [-0.2, 0) is 21.1 Å². The highest BCUT2D eigenvalue weighted by Crippen LogP contribution is 2.35. The number of fused-ring (bicyclic) bond motifs is 1. The second kappa shape index (κ2) is 7.01. The summed E-state index contributed by atoms with van der Waals surface area (Å²) in [5.41, 5.74) is 1.58. The fourth-order valence-corrected chi connectivity index (χ4v) is 4.52. The number of amides is 1. The van der Waals surface area contributed by atoms with Gasteiger partial charge in [0, 0.05) is 10.9 Å². The smallest absolute Gasteiger partial charge is 0.224 e. The van der Waals surface area contributed by atoms with Gasteiger partial charge in [-0.15, -0.1) is 0 Å². The van der Waals surface area contributed by atoms with Crippen LogP contribution < -0.4 is 5.32 Å². The van der Waals surface area contributed by atoms with Crippen LogP contribution in [0.5, 0.6) is 5.75 Å². The van der Waals surface area contributed by atoms with Crippen LogP contribution in [0.15, 0.2) is 51.8 Å². The maximum atomic E-state index is 12.2. The Morgan fingerprint density at radius 2 is 1.96 bits per heavy atom. The van der Waals surface area contributed by atoms with E-state index in [1.54, 1.807) is 30.4 Å². The highest BCUT2D eigenvalue weighted by Gasteiger charge is 2.26. The minimum absolute atomic E-state index is 0.0429. The molecule has 3 rings (SSSR count). The van der Waals surface area contributed by atoms with Crippen LogP contribution >= 0.6 is 15.9 Å². The van der Waals surface area contributed by atoms with E-state index in [0.717, 1.165) is 4.47 Å². The van der Waals surface area contributed by atoms with Gasteiger partial charge in [0.05, 0.1) is 11.4 Å². The Bertz CT molecular complexity index is 967. The molecule has 0 saturated carbocycles. The highest BCUT2D eigenvalue weighted by molar-refractivity contribution is 9.10. The first kappa shape index (κ1) is 17.7. The molecule has 25 heavy (non-hydrogen) atoms. The molecule has 0 radical (unpaired) electrons. The molecule has 0 fully saturated rings. The Kier molecular flexibility index (Phi) is 4.96. The third-order valence-corrected chi connectivity index (χ3v) is 6.31. The van der Waals surface area contributed by atoms with E-state index in [0.29, 0.717) is 16.8 Å². The average Bonchev–Trinajstić information content (AvgIpc) is 2.55. The number of para-hydroxylation sites is 1. The van der Waals surface area contributed by atoms with Crippen LogP contribution in [0, 0.1) is 0 Å². The Morgan fingerprint density at radius 1 is 1.20 bits per heavy atom. The van der Waals surface area contributed by atoms with Crippen LogP contribution in [0.2, 0.25) is 0 Å². The molecule has 5 nitrogen and oxygen atoms in total.